The molecule has 10 nitrogen and oxygen atoms in total. The van der Waals surface area contributed by atoms with Crippen LogP contribution < -0.4 is 22.3 Å². The standard InChI is InChI=1S/C15H24N4O6/c16-3-1-2-4-17-12(22)5-9-7-19(15(24)18-14(9)23)13-6-10(21)11(8-20)25-13/h7,10-11,13,20-21H,1-6,8,16H2,(H,17,22)(H,18,23,24)/t10-,11+,13+/m0/s1. The fraction of sp³-hybridized carbons (Fsp3) is 0.667. The molecule has 1 aromatic heterocycles. The smallest absolute Gasteiger partial charge is 0.330 e. The molecular weight excluding hydrogens is 332 g/mol. The molecule has 1 fully saturated rings. The third-order valence-corrected chi connectivity index (χ3v) is 4.04. The van der Waals surface area contributed by atoms with Crippen molar-refractivity contribution >= 4 is 5.91 Å². The van der Waals surface area contributed by atoms with Crippen LogP contribution >= 0.6 is 0 Å². The van der Waals surface area contributed by atoms with Crippen molar-refractivity contribution in [3.63, 3.8) is 0 Å². The third-order valence-electron chi connectivity index (χ3n) is 4.04. The summed E-state index contributed by atoms with van der Waals surface area (Å²) in [5.41, 5.74) is 4.14. The monoisotopic (exact) mass is 356 g/mol. The molecule has 1 aliphatic rings. The number of nitrogens with two attached hydrogens (primary N) is 1. The number of aliphatic hydroxyl groups excluding tert-OH is 2. The summed E-state index contributed by atoms with van der Waals surface area (Å²) in [6.45, 7) is 0.625. The lowest BCUT2D eigenvalue weighted by molar-refractivity contribution is -0.120. The van der Waals surface area contributed by atoms with Crippen molar-refractivity contribution < 1.29 is 19.7 Å². The summed E-state index contributed by atoms with van der Waals surface area (Å²) in [6.07, 6.45) is 0.188. The highest BCUT2D eigenvalue weighted by molar-refractivity contribution is 5.78. The Kier molecular flexibility index (Phi) is 6.88. The van der Waals surface area contributed by atoms with E-state index in [1.165, 1.54) is 6.20 Å². The molecule has 0 radical (unpaired) electrons. The van der Waals surface area contributed by atoms with E-state index in [-0.39, 0.29) is 30.9 Å². The maximum Gasteiger partial charge on any atom is 0.330 e. The summed E-state index contributed by atoms with van der Waals surface area (Å²) < 4.78 is 6.53. The van der Waals surface area contributed by atoms with Crippen molar-refractivity contribution in [2.45, 2.75) is 44.1 Å². The average molecular weight is 356 g/mol. The Morgan fingerprint density at radius 3 is 2.84 bits per heavy atom. The summed E-state index contributed by atoms with van der Waals surface area (Å²) in [4.78, 5) is 37.9. The lowest BCUT2D eigenvalue weighted by atomic mass is 10.2. The van der Waals surface area contributed by atoms with Gasteiger partial charge in [0.2, 0.25) is 5.91 Å². The normalized spacial score (nSPS) is 22.9. The summed E-state index contributed by atoms with van der Waals surface area (Å²) in [5, 5.41) is 21.6. The van der Waals surface area contributed by atoms with Gasteiger partial charge in [-0.15, -0.1) is 0 Å². The van der Waals surface area contributed by atoms with Crippen LogP contribution in [0.5, 0.6) is 0 Å². The maximum atomic E-state index is 12.0. The number of amides is 1. The second-order valence-corrected chi connectivity index (χ2v) is 5.96. The van der Waals surface area contributed by atoms with E-state index in [4.69, 9.17) is 15.6 Å². The zero-order valence-electron chi connectivity index (χ0n) is 13.8. The number of carbonyl (C=O) groups excluding carboxylic acids is 1. The highest BCUT2D eigenvalue weighted by Crippen LogP contribution is 2.27. The first kappa shape index (κ1) is 19.3. The van der Waals surface area contributed by atoms with E-state index in [0.29, 0.717) is 13.1 Å². The molecule has 0 aliphatic carbocycles. The van der Waals surface area contributed by atoms with Crippen LogP contribution in [0, 0.1) is 0 Å². The van der Waals surface area contributed by atoms with Crippen LogP contribution in [0.4, 0.5) is 0 Å². The lowest BCUT2D eigenvalue weighted by Gasteiger charge is -2.15. The SMILES string of the molecule is NCCCCNC(=O)Cc1cn([C@H]2C[C@H](O)[C@@H](CO)O2)c(=O)[nH]c1=O. The number of hydrogen-bond donors (Lipinski definition) is 5. The highest BCUT2D eigenvalue weighted by atomic mass is 16.5. The number of rotatable bonds is 8. The first-order valence-electron chi connectivity index (χ1n) is 8.21. The number of hydrogen-bond acceptors (Lipinski definition) is 7. The van der Waals surface area contributed by atoms with Gasteiger partial charge in [-0.25, -0.2) is 4.79 Å². The fourth-order valence-electron chi connectivity index (χ4n) is 2.65. The van der Waals surface area contributed by atoms with Crippen LogP contribution in [0.15, 0.2) is 15.8 Å². The van der Waals surface area contributed by atoms with Crippen molar-refractivity contribution in [2.24, 2.45) is 5.73 Å². The van der Waals surface area contributed by atoms with Gasteiger partial charge in [0, 0.05) is 24.7 Å². The van der Waals surface area contributed by atoms with Gasteiger partial charge in [0.25, 0.3) is 5.56 Å². The molecule has 1 amide bonds. The van der Waals surface area contributed by atoms with Crippen molar-refractivity contribution in [3.8, 4) is 0 Å². The Balaban J connectivity index is 2.09. The van der Waals surface area contributed by atoms with Crippen LogP contribution in [0.1, 0.15) is 31.1 Å². The predicted octanol–water partition coefficient (Wildman–Crippen LogP) is -2.43. The number of H-pyrrole nitrogens is 1. The lowest BCUT2D eigenvalue weighted by Crippen LogP contribution is -2.36. The molecular formula is C15H24N4O6. The van der Waals surface area contributed by atoms with Gasteiger partial charge in [-0.05, 0) is 19.4 Å². The zero-order chi connectivity index (χ0) is 18.4. The predicted molar refractivity (Wildman–Crippen MR) is 87.9 cm³/mol. The Hall–Kier alpha value is -2.01. The molecule has 25 heavy (non-hydrogen) atoms. The number of aromatic nitrogens is 2. The quantitative estimate of drug-likeness (QED) is 0.324. The molecule has 2 heterocycles. The van der Waals surface area contributed by atoms with Crippen molar-refractivity contribution in [3.05, 3.63) is 32.6 Å². The molecule has 0 unspecified atom stereocenters. The minimum Gasteiger partial charge on any atom is -0.394 e. The summed E-state index contributed by atoms with van der Waals surface area (Å²) in [7, 11) is 0. The number of nitrogens with zero attached hydrogens (tertiary/aromatic N) is 1. The van der Waals surface area contributed by atoms with Gasteiger partial charge in [-0.1, -0.05) is 0 Å². The highest BCUT2D eigenvalue weighted by Gasteiger charge is 2.35. The van der Waals surface area contributed by atoms with Gasteiger partial charge >= 0.3 is 5.69 Å². The topological polar surface area (TPSA) is 160 Å². The largest absolute Gasteiger partial charge is 0.394 e. The van der Waals surface area contributed by atoms with Crippen LogP contribution in [-0.4, -0.2) is 57.6 Å². The van der Waals surface area contributed by atoms with Crippen LogP contribution in [0.2, 0.25) is 0 Å². The zero-order valence-corrected chi connectivity index (χ0v) is 13.8. The minimum absolute atomic E-state index is 0.0991. The molecule has 10 heteroatoms. The second-order valence-electron chi connectivity index (χ2n) is 5.96. The van der Waals surface area contributed by atoms with E-state index in [0.717, 1.165) is 17.4 Å². The summed E-state index contributed by atoms with van der Waals surface area (Å²) in [6, 6.07) is 0. The number of unbranched alkanes of at least 4 members (excludes halogenated alkanes) is 1. The maximum absolute atomic E-state index is 12.0. The molecule has 6 N–H and O–H groups in total. The fourth-order valence-corrected chi connectivity index (χ4v) is 2.65. The van der Waals surface area contributed by atoms with E-state index >= 15 is 0 Å². The number of aliphatic hydroxyl groups is 2. The molecule has 0 spiro atoms. The van der Waals surface area contributed by atoms with Gasteiger partial charge in [-0.3, -0.25) is 19.1 Å². The Morgan fingerprint density at radius 1 is 1.44 bits per heavy atom. The van der Waals surface area contributed by atoms with Gasteiger partial charge in [-0.2, -0.15) is 0 Å². The third kappa shape index (κ3) is 4.98. The Labute approximate surface area is 143 Å². The molecule has 3 atom stereocenters. The molecule has 0 bridgehead atoms. The van der Waals surface area contributed by atoms with E-state index in [9.17, 15) is 19.5 Å². The number of ether oxygens (including phenoxy) is 1. The van der Waals surface area contributed by atoms with Gasteiger partial charge in [0.05, 0.1) is 19.1 Å². The van der Waals surface area contributed by atoms with Gasteiger partial charge < -0.3 is 26.0 Å². The second kappa shape index (κ2) is 8.90. The molecule has 0 saturated carbocycles. The summed E-state index contributed by atoms with van der Waals surface area (Å²) >= 11 is 0. The van der Waals surface area contributed by atoms with E-state index in [1.54, 1.807) is 0 Å². The molecule has 1 saturated heterocycles. The number of nitrogens with one attached hydrogen (secondary N) is 2. The molecule has 2 rings (SSSR count). The van der Waals surface area contributed by atoms with E-state index < -0.39 is 29.7 Å². The van der Waals surface area contributed by atoms with E-state index in [2.05, 4.69) is 10.3 Å². The van der Waals surface area contributed by atoms with Crippen molar-refractivity contribution in [2.75, 3.05) is 19.7 Å². The van der Waals surface area contributed by atoms with E-state index in [1.807, 2.05) is 0 Å². The molecule has 0 aromatic carbocycles. The molecule has 140 valence electrons. The van der Waals surface area contributed by atoms with Crippen molar-refractivity contribution in [1.82, 2.24) is 14.9 Å². The van der Waals surface area contributed by atoms with Gasteiger partial charge in [0.1, 0.15) is 12.3 Å². The van der Waals surface area contributed by atoms with Crippen molar-refractivity contribution in [1.29, 1.82) is 0 Å². The first-order chi connectivity index (χ1) is 12.0. The average Bonchev–Trinajstić information content (AvgIpc) is 2.94. The minimum atomic E-state index is -0.914. The molecule has 1 aromatic rings. The van der Waals surface area contributed by atoms with Crippen LogP contribution in [-0.2, 0) is 16.0 Å². The number of aromatic amines is 1. The van der Waals surface area contributed by atoms with Gasteiger partial charge in [0.15, 0.2) is 0 Å². The van der Waals surface area contributed by atoms with Crippen LogP contribution in [0.25, 0.3) is 0 Å². The Morgan fingerprint density at radius 2 is 2.20 bits per heavy atom. The molecule has 1 aliphatic heterocycles. The summed E-state index contributed by atoms with van der Waals surface area (Å²) in [5.74, 6) is -0.340. The number of carbonyl (C=O) groups is 1. The van der Waals surface area contributed by atoms with Crippen LogP contribution in [0.3, 0.4) is 0 Å². The Bertz CT molecular complexity index is 700. The first-order valence-corrected chi connectivity index (χ1v) is 8.21.